The summed E-state index contributed by atoms with van der Waals surface area (Å²) < 4.78 is 5.36. The van der Waals surface area contributed by atoms with Gasteiger partial charge in [-0.2, -0.15) is 0 Å². The molecule has 0 saturated carbocycles. The fraction of sp³-hybridized carbons (Fsp3) is 0.611. The van der Waals surface area contributed by atoms with E-state index in [4.69, 9.17) is 4.74 Å². The molecular weight excluding hydrogens is 431 g/mol. The SMILES string of the molecule is CCNC(=NCCCc1ccc(O)cc1)NCCN1CCOCC1.I. The number of ether oxygens (including phenoxy) is 1. The van der Waals surface area contributed by atoms with E-state index in [0.29, 0.717) is 5.75 Å². The molecule has 0 aliphatic carbocycles. The Morgan fingerprint density at radius 2 is 1.92 bits per heavy atom. The number of rotatable bonds is 8. The van der Waals surface area contributed by atoms with Gasteiger partial charge >= 0.3 is 0 Å². The fourth-order valence-corrected chi connectivity index (χ4v) is 2.64. The Balaban J connectivity index is 0.00000312. The molecule has 1 aliphatic rings. The number of hydrogen-bond acceptors (Lipinski definition) is 4. The molecule has 0 bridgehead atoms. The van der Waals surface area contributed by atoms with Crippen LogP contribution in [0.15, 0.2) is 29.3 Å². The second-order valence-corrected chi connectivity index (χ2v) is 5.91. The van der Waals surface area contributed by atoms with Gasteiger partial charge in [-0.1, -0.05) is 12.1 Å². The van der Waals surface area contributed by atoms with Crippen molar-refractivity contribution in [2.45, 2.75) is 19.8 Å². The van der Waals surface area contributed by atoms with Crippen LogP contribution in [0.4, 0.5) is 0 Å². The Morgan fingerprint density at radius 3 is 2.60 bits per heavy atom. The maximum atomic E-state index is 9.29. The van der Waals surface area contributed by atoms with Crippen LogP contribution < -0.4 is 10.6 Å². The zero-order chi connectivity index (χ0) is 17.0. The van der Waals surface area contributed by atoms with E-state index >= 15 is 0 Å². The van der Waals surface area contributed by atoms with Gasteiger partial charge in [0.1, 0.15) is 5.75 Å². The summed E-state index contributed by atoms with van der Waals surface area (Å²) in [5.41, 5.74) is 1.23. The highest BCUT2D eigenvalue weighted by atomic mass is 127. The quantitative estimate of drug-likeness (QED) is 0.238. The Morgan fingerprint density at radius 1 is 1.20 bits per heavy atom. The maximum Gasteiger partial charge on any atom is 0.191 e. The number of guanidine groups is 1. The highest BCUT2D eigenvalue weighted by molar-refractivity contribution is 14.0. The van der Waals surface area contributed by atoms with Gasteiger partial charge in [0.05, 0.1) is 13.2 Å². The molecule has 3 N–H and O–H groups in total. The average Bonchev–Trinajstić information content (AvgIpc) is 2.61. The number of benzene rings is 1. The molecule has 1 fully saturated rings. The van der Waals surface area contributed by atoms with E-state index < -0.39 is 0 Å². The number of nitrogens with zero attached hydrogens (tertiary/aromatic N) is 2. The Hall–Kier alpha value is -1.06. The number of morpholine rings is 1. The highest BCUT2D eigenvalue weighted by Crippen LogP contribution is 2.10. The van der Waals surface area contributed by atoms with Crippen molar-refractivity contribution in [2.75, 3.05) is 52.5 Å². The van der Waals surface area contributed by atoms with E-state index in [9.17, 15) is 5.11 Å². The first-order chi connectivity index (χ1) is 11.8. The third-order valence-electron chi connectivity index (χ3n) is 4.00. The van der Waals surface area contributed by atoms with Crippen LogP contribution in [-0.4, -0.2) is 68.4 Å². The Kier molecular flexibility index (Phi) is 11.6. The molecule has 6 nitrogen and oxygen atoms in total. The molecular formula is C18H31IN4O2. The van der Waals surface area contributed by atoms with E-state index in [2.05, 4.69) is 27.4 Å². The number of aliphatic imine (C=N–C) groups is 1. The number of phenolic OH excluding ortho intramolecular Hbond substituents is 1. The number of aryl methyl sites for hydroxylation is 1. The number of nitrogens with one attached hydrogen (secondary N) is 2. The van der Waals surface area contributed by atoms with Gasteiger partial charge < -0.3 is 20.5 Å². The molecule has 2 rings (SSSR count). The molecule has 0 aromatic heterocycles. The number of hydrogen-bond donors (Lipinski definition) is 3. The lowest BCUT2D eigenvalue weighted by Crippen LogP contribution is -2.44. The third-order valence-corrected chi connectivity index (χ3v) is 4.00. The first-order valence-corrected chi connectivity index (χ1v) is 8.88. The van der Waals surface area contributed by atoms with Gasteiger partial charge in [0.15, 0.2) is 5.96 Å². The van der Waals surface area contributed by atoms with Crippen molar-refractivity contribution in [3.05, 3.63) is 29.8 Å². The average molecular weight is 462 g/mol. The number of aromatic hydroxyl groups is 1. The van der Waals surface area contributed by atoms with Crippen molar-refractivity contribution in [3.63, 3.8) is 0 Å². The third kappa shape index (κ3) is 9.27. The molecule has 0 radical (unpaired) electrons. The van der Waals surface area contributed by atoms with Crippen molar-refractivity contribution < 1.29 is 9.84 Å². The van der Waals surface area contributed by atoms with E-state index in [0.717, 1.165) is 71.3 Å². The molecule has 0 unspecified atom stereocenters. The van der Waals surface area contributed by atoms with Gasteiger partial charge in [-0.3, -0.25) is 9.89 Å². The minimum atomic E-state index is 0. The van der Waals surface area contributed by atoms with Gasteiger partial charge in [0.25, 0.3) is 0 Å². The molecule has 1 aliphatic heterocycles. The van der Waals surface area contributed by atoms with E-state index in [1.165, 1.54) is 5.56 Å². The Labute approximate surface area is 168 Å². The predicted molar refractivity (Wildman–Crippen MR) is 113 cm³/mol. The van der Waals surface area contributed by atoms with Crippen LogP contribution in [-0.2, 0) is 11.2 Å². The zero-order valence-corrected chi connectivity index (χ0v) is 17.4. The molecule has 0 atom stereocenters. The molecule has 0 amide bonds. The second kappa shape index (κ2) is 13.2. The molecule has 142 valence electrons. The smallest absolute Gasteiger partial charge is 0.191 e. The molecule has 1 saturated heterocycles. The molecule has 25 heavy (non-hydrogen) atoms. The van der Waals surface area contributed by atoms with Gasteiger partial charge in [-0.15, -0.1) is 24.0 Å². The summed E-state index contributed by atoms with van der Waals surface area (Å²) >= 11 is 0. The maximum absolute atomic E-state index is 9.29. The largest absolute Gasteiger partial charge is 0.508 e. The normalized spacial score (nSPS) is 15.5. The number of halogens is 1. The molecule has 7 heteroatoms. The highest BCUT2D eigenvalue weighted by Gasteiger charge is 2.09. The van der Waals surface area contributed by atoms with Crippen molar-refractivity contribution in [1.29, 1.82) is 0 Å². The van der Waals surface area contributed by atoms with Gasteiger partial charge in [-0.05, 0) is 37.5 Å². The van der Waals surface area contributed by atoms with E-state index in [1.54, 1.807) is 12.1 Å². The van der Waals surface area contributed by atoms with Crippen molar-refractivity contribution in [1.82, 2.24) is 15.5 Å². The summed E-state index contributed by atoms with van der Waals surface area (Å²) in [6.07, 6.45) is 1.96. The standard InChI is InChI=1S/C18H30N4O2.HI/c1-2-19-18(21-10-11-22-12-14-24-15-13-22)20-9-3-4-16-5-7-17(23)8-6-16;/h5-8,23H,2-4,9-15H2,1H3,(H2,19,20,21);1H. The molecule has 1 aromatic rings. The van der Waals surface area contributed by atoms with Crippen LogP contribution in [0, 0.1) is 0 Å². The van der Waals surface area contributed by atoms with E-state index in [1.807, 2.05) is 12.1 Å². The lowest BCUT2D eigenvalue weighted by Gasteiger charge is -2.26. The topological polar surface area (TPSA) is 69.1 Å². The van der Waals surface area contributed by atoms with Gasteiger partial charge in [0, 0.05) is 39.3 Å². The Bertz CT molecular complexity index is 490. The summed E-state index contributed by atoms with van der Waals surface area (Å²) in [7, 11) is 0. The molecule has 1 heterocycles. The summed E-state index contributed by atoms with van der Waals surface area (Å²) in [6.45, 7) is 9.34. The fourth-order valence-electron chi connectivity index (χ4n) is 2.64. The minimum Gasteiger partial charge on any atom is -0.508 e. The van der Waals surface area contributed by atoms with Crippen LogP contribution >= 0.6 is 24.0 Å². The van der Waals surface area contributed by atoms with Gasteiger partial charge in [0.2, 0.25) is 0 Å². The zero-order valence-electron chi connectivity index (χ0n) is 15.0. The van der Waals surface area contributed by atoms with Crippen molar-refractivity contribution >= 4 is 29.9 Å². The summed E-state index contributed by atoms with van der Waals surface area (Å²) in [4.78, 5) is 7.04. The van der Waals surface area contributed by atoms with Crippen LogP contribution in [0.1, 0.15) is 18.9 Å². The summed E-state index contributed by atoms with van der Waals surface area (Å²) in [5, 5.41) is 16.0. The lowest BCUT2D eigenvalue weighted by molar-refractivity contribution is 0.0389. The van der Waals surface area contributed by atoms with E-state index in [-0.39, 0.29) is 24.0 Å². The van der Waals surface area contributed by atoms with Crippen LogP contribution in [0.5, 0.6) is 5.75 Å². The summed E-state index contributed by atoms with van der Waals surface area (Å²) in [6, 6.07) is 7.39. The monoisotopic (exact) mass is 462 g/mol. The van der Waals surface area contributed by atoms with Crippen molar-refractivity contribution in [2.24, 2.45) is 4.99 Å². The first-order valence-electron chi connectivity index (χ1n) is 8.88. The molecule has 0 spiro atoms. The van der Waals surface area contributed by atoms with Crippen molar-refractivity contribution in [3.8, 4) is 5.75 Å². The lowest BCUT2D eigenvalue weighted by atomic mass is 10.1. The predicted octanol–water partition coefficient (Wildman–Crippen LogP) is 1.83. The minimum absolute atomic E-state index is 0. The second-order valence-electron chi connectivity index (χ2n) is 5.91. The summed E-state index contributed by atoms with van der Waals surface area (Å²) in [5.74, 6) is 1.20. The number of phenols is 1. The van der Waals surface area contributed by atoms with Crippen LogP contribution in [0.2, 0.25) is 0 Å². The van der Waals surface area contributed by atoms with Gasteiger partial charge in [-0.25, -0.2) is 0 Å². The van der Waals surface area contributed by atoms with Crippen LogP contribution in [0.25, 0.3) is 0 Å². The molecule has 1 aromatic carbocycles. The van der Waals surface area contributed by atoms with Crippen LogP contribution in [0.3, 0.4) is 0 Å². The first kappa shape index (κ1) is 22.0.